The average molecular weight is 226 g/mol. The highest BCUT2D eigenvalue weighted by Crippen LogP contribution is 2.19. The molecule has 2 aromatic rings. The SMILES string of the molecule is Cc1nsc(Nc2ccc(Cl)cc2)n1. The number of nitrogens with one attached hydrogen (secondary N) is 1. The summed E-state index contributed by atoms with van der Waals surface area (Å²) in [6.07, 6.45) is 0. The van der Waals surface area contributed by atoms with Crippen molar-refractivity contribution in [2.45, 2.75) is 6.92 Å². The summed E-state index contributed by atoms with van der Waals surface area (Å²) in [7, 11) is 0. The van der Waals surface area contributed by atoms with E-state index in [9.17, 15) is 0 Å². The van der Waals surface area contributed by atoms with Crippen LogP contribution in [0.4, 0.5) is 10.8 Å². The highest BCUT2D eigenvalue weighted by atomic mass is 35.5. The summed E-state index contributed by atoms with van der Waals surface area (Å²) in [6, 6.07) is 7.47. The molecule has 0 saturated heterocycles. The van der Waals surface area contributed by atoms with Gasteiger partial charge in [-0.3, -0.25) is 0 Å². The van der Waals surface area contributed by atoms with E-state index in [1.165, 1.54) is 11.5 Å². The molecule has 0 unspecified atom stereocenters. The quantitative estimate of drug-likeness (QED) is 0.853. The third-order valence-corrected chi connectivity index (χ3v) is 2.60. The van der Waals surface area contributed by atoms with E-state index in [1.54, 1.807) is 0 Å². The summed E-state index contributed by atoms with van der Waals surface area (Å²) < 4.78 is 4.07. The number of hydrogen-bond acceptors (Lipinski definition) is 4. The van der Waals surface area contributed by atoms with Crippen molar-refractivity contribution in [3.63, 3.8) is 0 Å². The second-order valence-electron chi connectivity index (χ2n) is 2.78. The minimum Gasteiger partial charge on any atom is -0.330 e. The number of benzene rings is 1. The molecule has 0 spiro atoms. The molecular formula is C9H8ClN3S. The van der Waals surface area contributed by atoms with Gasteiger partial charge in [0.15, 0.2) is 0 Å². The van der Waals surface area contributed by atoms with Crippen molar-refractivity contribution in [2.24, 2.45) is 0 Å². The molecule has 14 heavy (non-hydrogen) atoms. The van der Waals surface area contributed by atoms with Gasteiger partial charge >= 0.3 is 0 Å². The summed E-state index contributed by atoms with van der Waals surface area (Å²) >= 11 is 7.11. The molecule has 1 N–H and O–H groups in total. The van der Waals surface area contributed by atoms with Crippen molar-refractivity contribution in [1.82, 2.24) is 9.36 Å². The molecule has 72 valence electrons. The Hall–Kier alpha value is -1.13. The van der Waals surface area contributed by atoms with Gasteiger partial charge in [-0.1, -0.05) is 11.6 Å². The largest absolute Gasteiger partial charge is 0.330 e. The maximum absolute atomic E-state index is 5.77. The van der Waals surface area contributed by atoms with Crippen LogP contribution in [0.1, 0.15) is 5.82 Å². The lowest BCUT2D eigenvalue weighted by Crippen LogP contribution is -1.88. The average Bonchev–Trinajstić information content (AvgIpc) is 2.56. The van der Waals surface area contributed by atoms with E-state index in [0.29, 0.717) is 0 Å². The maximum Gasteiger partial charge on any atom is 0.207 e. The van der Waals surface area contributed by atoms with E-state index in [0.717, 1.165) is 21.7 Å². The topological polar surface area (TPSA) is 37.8 Å². The summed E-state index contributed by atoms with van der Waals surface area (Å²) in [5, 5.41) is 4.66. The van der Waals surface area contributed by atoms with Gasteiger partial charge in [0.25, 0.3) is 0 Å². The zero-order valence-corrected chi connectivity index (χ0v) is 9.06. The molecule has 0 aliphatic heterocycles. The van der Waals surface area contributed by atoms with Crippen LogP contribution in [0.2, 0.25) is 5.02 Å². The van der Waals surface area contributed by atoms with Crippen molar-refractivity contribution in [3.05, 3.63) is 35.1 Å². The zero-order chi connectivity index (χ0) is 9.97. The second-order valence-corrected chi connectivity index (χ2v) is 3.97. The molecule has 0 amide bonds. The Kier molecular flexibility index (Phi) is 2.65. The Bertz CT molecular complexity index is 424. The highest BCUT2D eigenvalue weighted by Gasteiger charge is 1.99. The summed E-state index contributed by atoms with van der Waals surface area (Å²) in [4.78, 5) is 4.19. The molecule has 0 radical (unpaired) electrons. The summed E-state index contributed by atoms with van der Waals surface area (Å²) in [6.45, 7) is 1.86. The van der Waals surface area contributed by atoms with Gasteiger partial charge in [-0.2, -0.15) is 4.37 Å². The van der Waals surface area contributed by atoms with Gasteiger partial charge < -0.3 is 5.32 Å². The van der Waals surface area contributed by atoms with E-state index < -0.39 is 0 Å². The van der Waals surface area contributed by atoms with Crippen molar-refractivity contribution in [3.8, 4) is 0 Å². The van der Waals surface area contributed by atoms with E-state index in [1.807, 2.05) is 31.2 Å². The molecule has 2 rings (SSSR count). The van der Waals surface area contributed by atoms with Crippen molar-refractivity contribution >= 4 is 34.0 Å². The number of anilines is 2. The van der Waals surface area contributed by atoms with Crippen molar-refractivity contribution in [2.75, 3.05) is 5.32 Å². The Morgan fingerprint density at radius 1 is 1.29 bits per heavy atom. The molecule has 0 aliphatic rings. The normalized spacial score (nSPS) is 10.1. The third-order valence-electron chi connectivity index (χ3n) is 1.62. The zero-order valence-electron chi connectivity index (χ0n) is 7.49. The van der Waals surface area contributed by atoms with Crippen LogP contribution in [0, 0.1) is 6.92 Å². The van der Waals surface area contributed by atoms with E-state index in [2.05, 4.69) is 14.7 Å². The molecule has 3 nitrogen and oxygen atoms in total. The predicted molar refractivity (Wildman–Crippen MR) is 59.4 cm³/mol. The number of rotatable bonds is 2. The highest BCUT2D eigenvalue weighted by molar-refractivity contribution is 7.09. The standard InChI is InChI=1S/C9H8ClN3S/c1-6-11-9(14-13-6)12-8-4-2-7(10)3-5-8/h2-5H,1H3,(H,11,12,13). The molecule has 5 heteroatoms. The predicted octanol–water partition coefficient (Wildman–Crippen LogP) is 3.24. The molecule has 1 aromatic carbocycles. The number of nitrogens with zero attached hydrogens (tertiary/aromatic N) is 2. The lowest BCUT2D eigenvalue weighted by molar-refractivity contribution is 1.17. The van der Waals surface area contributed by atoms with Gasteiger partial charge in [-0.15, -0.1) is 0 Å². The third kappa shape index (κ3) is 2.21. The molecule has 0 bridgehead atoms. The fraction of sp³-hybridized carbons (Fsp3) is 0.111. The van der Waals surface area contributed by atoms with Crippen molar-refractivity contribution in [1.29, 1.82) is 0 Å². The van der Waals surface area contributed by atoms with Gasteiger partial charge in [-0.25, -0.2) is 4.98 Å². The van der Waals surface area contributed by atoms with E-state index >= 15 is 0 Å². The van der Waals surface area contributed by atoms with Crippen molar-refractivity contribution < 1.29 is 0 Å². The minimum absolute atomic E-state index is 0.726. The Balaban J connectivity index is 2.15. The Morgan fingerprint density at radius 2 is 2.00 bits per heavy atom. The van der Waals surface area contributed by atoms with E-state index in [4.69, 9.17) is 11.6 Å². The van der Waals surface area contributed by atoms with Gasteiger partial charge in [0, 0.05) is 22.2 Å². The molecule has 1 heterocycles. The van der Waals surface area contributed by atoms with Gasteiger partial charge in [0.2, 0.25) is 5.13 Å². The lowest BCUT2D eigenvalue weighted by Gasteiger charge is -2.00. The number of aryl methyl sites for hydroxylation is 1. The smallest absolute Gasteiger partial charge is 0.207 e. The first-order chi connectivity index (χ1) is 6.74. The maximum atomic E-state index is 5.77. The second kappa shape index (κ2) is 3.94. The van der Waals surface area contributed by atoms with Gasteiger partial charge in [0.1, 0.15) is 5.82 Å². The van der Waals surface area contributed by atoms with Crippen LogP contribution in [0.25, 0.3) is 0 Å². The molecule has 0 aliphatic carbocycles. The van der Waals surface area contributed by atoms with Crippen LogP contribution in [0.15, 0.2) is 24.3 Å². The fourth-order valence-corrected chi connectivity index (χ4v) is 1.73. The lowest BCUT2D eigenvalue weighted by atomic mass is 10.3. The minimum atomic E-state index is 0.726. The molecule has 0 atom stereocenters. The first kappa shape index (κ1) is 9.43. The Morgan fingerprint density at radius 3 is 2.57 bits per heavy atom. The number of aromatic nitrogens is 2. The summed E-state index contributed by atoms with van der Waals surface area (Å²) in [5.74, 6) is 0.784. The molecular weight excluding hydrogens is 218 g/mol. The van der Waals surface area contributed by atoms with Crippen LogP contribution < -0.4 is 5.32 Å². The van der Waals surface area contributed by atoms with Crippen LogP contribution >= 0.6 is 23.1 Å². The molecule has 0 fully saturated rings. The van der Waals surface area contributed by atoms with Gasteiger partial charge in [0.05, 0.1) is 0 Å². The molecule has 1 aromatic heterocycles. The van der Waals surface area contributed by atoms with Crippen LogP contribution in [-0.4, -0.2) is 9.36 Å². The van der Waals surface area contributed by atoms with Gasteiger partial charge in [-0.05, 0) is 31.2 Å². The molecule has 0 saturated carbocycles. The first-order valence-corrected chi connectivity index (χ1v) is 5.22. The summed E-state index contributed by atoms with van der Waals surface area (Å²) in [5.41, 5.74) is 0.963. The van der Waals surface area contributed by atoms with Crippen LogP contribution in [-0.2, 0) is 0 Å². The number of halogens is 1. The first-order valence-electron chi connectivity index (χ1n) is 4.07. The monoisotopic (exact) mass is 225 g/mol. The van der Waals surface area contributed by atoms with Crippen LogP contribution in [0.5, 0.6) is 0 Å². The van der Waals surface area contributed by atoms with E-state index in [-0.39, 0.29) is 0 Å². The van der Waals surface area contributed by atoms with Crippen LogP contribution in [0.3, 0.4) is 0 Å². The Labute approximate surface area is 90.9 Å². The number of hydrogen-bond donors (Lipinski definition) is 1. The fourth-order valence-electron chi connectivity index (χ4n) is 1.00.